The summed E-state index contributed by atoms with van der Waals surface area (Å²) in [6.07, 6.45) is 13.2. The molecule has 0 aromatic heterocycles. The van der Waals surface area contributed by atoms with E-state index in [0.29, 0.717) is 22.5 Å². The van der Waals surface area contributed by atoms with Crippen molar-refractivity contribution in [1.29, 1.82) is 0 Å². The predicted molar refractivity (Wildman–Crippen MR) is 90.5 cm³/mol. The van der Waals surface area contributed by atoms with Crippen molar-refractivity contribution >= 4 is 5.78 Å². The molecule has 0 saturated heterocycles. The minimum Gasteiger partial charge on any atom is -0.299 e. The number of carbonyl (C=O) groups excluding carboxylic acids is 1. The summed E-state index contributed by atoms with van der Waals surface area (Å²) in [5, 5.41) is 0. The fourth-order valence-electron chi connectivity index (χ4n) is 7.88. The van der Waals surface area contributed by atoms with Gasteiger partial charge in [-0.15, -0.1) is 0 Å². The zero-order valence-electron chi connectivity index (χ0n) is 14.9. The minimum atomic E-state index is 0.338. The first-order valence-corrected chi connectivity index (χ1v) is 10.0. The molecule has 4 aliphatic rings. The maximum absolute atomic E-state index is 13.3. The topological polar surface area (TPSA) is 17.1 Å². The molecule has 0 bridgehead atoms. The van der Waals surface area contributed by atoms with Gasteiger partial charge >= 0.3 is 0 Å². The molecule has 1 nitrogen and oxygen atoms in total. The van der Waals surface area contributed by atoms with E-state index in [9.17, 15) is 4.79 Å². The third-order valence-electron chi connectivity index (χ3n) is 8.96. The van der Waals surface area contributed by atoms with E-state index in [1.165, 1.54) is 57.8 Å². The Morgan fingerprint density at radius 2 is 1.82 bits per heavy atom. The van der Waals surface area contributed by atoms with Crippen LogP contribution in [0.25, 0.3) is 0 Å². The molecular weight excluding hydrogens is 268 g/mol. The Bertz CT molecular complexity index is 469. The predicted octanol–water partition coefficient (Wildman–Crippen LogP) is 5.62. The molecule has 0 aromatic carbocycles. The molecule has 6 unspecified atom stereocenters. The van der Waals surface area contributed by atoms with Crippen molar-refractivity contribution in [2.45, 2.75) is 85.0 Å². The molecule has 0 aromatic rings. The normalized spacial score (nSPS) is 54.5. The minimum absolute atomic E-state index is 0.338. The SMILES string of the molecule is CCC1CCC2C3CC[C@H]4CCCCC4(C)C3C(=O)CC12C. The number of ketones is 1. The quantitative estimate of drug-likeness (QED) is 0.614. The molecule has 22 heavy (non-hydrogen) atoms. The summed E-state index contributed by atoms with van der Waals surface area (Å²) in [5.41, 5.74) is 0.689. The van der Waals surface area contributed by atoms with Gasteiger partial charge in [-0.2, -0.15) is 0 Å². The fourth-order valence-corrected chi connectivity index (χ4v) is 7.88. The number of Topliss-reactive ketones (excluding diaryl/α,β-unsaturated/α-hetero) is 1. The summed E-state index contributed by atoms with van der Waals surface area (Å²) < 4.78 is 0. The van der Waals surface area contributed by atoms with Gasteiger partial charge in [-0.25, -0.2) is 0 Å². The van der Waals surface area contributed by atoms with E-state index in [1.54, 1.807) is 0 Å². The van der Waals surface area contributed by atoms with Crippen LogP contribution in [0.3, 0.4) is 0 Å². The zero-order chi connectivity index (χ0) is 15.5. The van der Waals surface area contributed by atoms with Gasteiger partial charge in [0.15, 0.2) is 0 Å². The van der Waals surface area contributed by atoms with E-state index in [-0.39, 0.29) is 0 Å². The van der Waals surface area contributed by atoms with Crippen molar-refractivity contribution in [3.63, 3.8) is 0 Å². The Morgan fingerprint density at radius 3 is 2.59 bits per heavy atom. The molecule has 0 N–H and O–H groups in total. The molecule has 7 atom stereocenters. The molecule has 0 aliphatic heterocycles. The molecular formula is C21H34O. The van der Waals surface area contributed by atoms with Gasteiger partial charge < -0.3 is 0 Å². The van der Waals surface area contributed by atoms with Gasteiger partial charge in [0.2, 0.25) is 0 Å². The number of fused-ring (bicyclic) bond motifs is 5. The van der Waals surface area contributed by atoms with Crippen LogP contribution in [0, 0.1) is 40.4 Å². The van der Waals surface area contributed by atoms with Crippen molar-refractivity contribution in [2.75, 3.05) is 0 Å². The van der Waals surface area contributed by atoms with Crippen LogP contribution in [-0.2, 0) is 4.79 Å². The molecule has 4 saturated carbocycles. The Hall–Kier alpha value is -0.330. The number of hydrogen-bond acceptors (Lipinski definition) is 1. The Labute approximate surface area is 136 Å². The first kappa shape index (κ1) is 15.2. The van der Waals surface area contributed by atoms with Gasteiger partial charge in [0.1, 0.15) is 5.78 Å². The lowest BCUT2D eigenvalue weighted by molar-refractivity contribution is -0.157. The molecule has 4 aliphatic carbocycles. The van der Waals surface area contributed by atoms with Crippen LogP contribution in [0.5, 0.6) is 0 Å². The molecule has 4 rings (SSSR count). The fraction of sp³-hybridized carbons (Fsp3) is 0.952. The first-order valence-electron chi connectivity index (χ1n) is 10.0. The number of rotatable bonds is 1. The largest absolute Gasteiger partial charge is 0.299 e. The Kier molecular flexibility index (Phi) is 3.51. The van der Waals surface area contributed by atoms with Gasteiger partial charge in [-0.3, -0.25) is 4.79 Å². The second kappa shape index (κ2) is 5.08. The van der Waals surface area contributed by atoms with Gasteiger partial charge in [0.25, 0.3) is 0 Å². The highest BCUT2D eigenvalue weighted by Crippen LogP contribution is 2.66. The lowest BCUT2D eigenvalue weighted by atomic mass is 9.44. The second-order valence-electron chi connectivity index (χ2n) is 9.61. The van der Waals surface area contributed by atoms with Crippen LogP contribution in [0.2, 0.25) is 0 Å². The molecule has 124 valence electrons. The van der Waals surface area contributed by atoms with Crippen LogP contribution >= 0.6 is 0 Å². The van der Waals surface area contributed by atoms with E-state index in [4.69, 9.17) is 0 Å². The zero-order valence-corrected chi connectivity index (χ0v) is 14.9. The van der Waals surface area contributed by atoms with E-state index < -0.39 is 0 Å². The first-order chi connectivity index (χ1) is 10.5. The molecule has 1 heteroatoms. The van der Waals surface area contributed by atoms with Gasteiger partial charge in [0.05, 0.1) is 0 Å². The maximum Gasteiger partial charge on any atom is 0.137 e. The molecule has 0 amide bonds. The van der Waals surface area contributed by atoms with Crippen LogP contribution in [0.1, 0.15) is 85.0 Å². The van der Waals surface area contributed by atoms with E-state index in [2.05, 4.69) is 20.8 Å². The van der Waals surface area contributed by atoms with Gasteiger partial charge in [-0.1, -0.05) is 40.0 Å². The third-order valence-corrected chi connectivity index (χ3v) is 8.96. The average Bonchev–Trinajstić information content (AvgIpc) is 2.82. The molecule has 0 heterocycles. The second-order valence-corrected chi connectivity index (χ2v) is 9.61. The highest BCUT2D eigenvalue weighted by Gasteiger charge is 2.62. The van der Waals surface area contributed by atoms with Gasteiger partial charge in [0, 0.05) is 12.3 Å². The summed E-state index contributed by atoms with van der Waals surface area (Å²) >= 11 is 0. The van der Waals surface area contributed by atoms with Crippen LogP contribution in [-0.4, -0.2) is 5.78 Å². The number of hydrogen-bond donors (Lipinski definition) is 0. The molecule has 0 spiro atoms. The average molecular weight is 303 g/mol. The molecule has 0 radical (unpaired) electrons. The van der Waals surface area contributed by atoms with Gasteiger partial charge in [-0.05, 0) is 73.0 Å². The summed E-state index contributed by atoms with van der Waals surface area (Å²) in [4.78, 5) is 13.3. The third kappa shape index (κ3) is 1.86. The van der Waals surface area contributed by atoms with Crippen molar-refractivity contribution in [2.24, 2.45) is 40.4 Å². The van der Waals surface area contributed by atoms with Crippen LogP contribution < -0.4 is 0 Å². The monoisotopic (exact) mass is 302 g/mol. The Morgan fingerprint density at radius 1 is 1.00 bits per heavy atom. The van der Waals surface area contributed by atoms with E-state index in [0.717, 1.165) is 30.1 Å². The summed E-state index contributed by atoms with van der Waals surface area (Å²) in [7, 11) is 0. The van der Waals surface area contributed by atoms with Crippen molar-refractivity contribution in [3.8, 4) is 0 Å². The lowest BCUT2D eigenvalue weighted by Gasteiger charge is -2.59. The summed E-state index contributed by atoms with van der Waals surface area (Å²) in [6.45, 7) is 7.32. The van der Waals surface area contributed by atoms with Crippen molar-refractivity contribution in [1.82, 2.24) is 0 Å². The lowest BCUT2D eigenvalue weighted by Crippen LogP contribution is -2.56. The highest BCUT2D eigenvalue weighted by molar-refractivity contribution is 5.84. The van der Waals surface area contributed by atoms with E-state index in [1.807, 2.05) is 0 Å². The Balaban J connectivity index is 1.69. The standard InChI is InChI=1S/C21H34O/c1-4-14-9-11-17-16-10-8-15-7-5-6-12-20(15,2)19(16)18(22)13-21(14,17)3/h14-17,19H,4-13H2,1-3H3/t14?,15-,16?,17?,19?,20?,21?/m1/s1. The molecule has 4 fully saturated rings. The number of carbonyl (C=O) groups is 1. The summed E-state index contributed by atoms with van der Waals surface area (Å²) in [5.74, 6) is 4.30. The smallest absolute Gasteiger partial charge is 0.137 e. The summed E-state index contributed by atoms with van der Waals surface area (Å²) in [6, 6.07) is 0. The van der Waals surface area contributed by atoms with Crippen LogP contribution in [0.4, 0.5) is 0 Å². The highest BCUT2D eigenvalue weighted by atomic mass is 16.1. The van der Waals surface area contributed by atoms with Crippen molar-refractivity contribution < 1.29 is 4.79 Å². The maximum atomic E-state index is 13.3. The van der Waals surface area contributed by atoms with Crippen molar-refractivity contribution in [3.05, 3.63) is 0 Å². The van der Waals surface area contributed by atoms with E-state index >= 15 is 0 Å². The van der Waals surface area contributed by atoms with Crippen LogP contribution in [0.15, 0.2) is 0 Å².